The maximum Gasteiger partial charge on any atom is 0.171 e. The zero-order valence-corrected chi connectivity index (χ0v) is 15.6. The molecule has 1 aromatic rings. The van der Waals surface area contributed by atoms with Gasteiger partial charge in [0, 0.05) is 11.3 Å². The lowest BCUT2D eigenvalue weighted by molar-refractivity contribution is -0.114. The van der Waals surface area contributed by atoms with E-state index in [-0.39, 0.29) is 11.9 Å². The lowest BCUT2D eigenvalue weighted by Gasteiger charge is -2.30. The van der Waals surface area contributed by atoms with Crippen LogP contribution in [0.1, 0.15) is 39.3 Å². The first-order valence-electron chi connectivity index (χ1n) is 7.15. The molecule has 1 aromatic carbocycles. The number of allylic oxidation sites excluding steroid dienone is 1. The second kappa shape index (κ2) is 7.07. The van der Waals surface area contributed by atoms with Gasteiger partial charge >= 0.3 is 0 Å². The summed E-state index contributed by atoms with van der Waals surface area (Å²) in [5.41, 5.74) is 2.08. The van der Waals surface area contributed by atoms with E-state index >= 15 is 0 Å². The molecule has 1 aliphatic rings. The summed E-state index contributed by atoms with van der Waals surface area (Å²) in [6.45, 7) is 7.12. The Kier molecular flexibility index (Phi) is 5.55. The number of hydrogen-bond acceptors (Lipinski definition) is 3. The molecular weight excluding hydrogens is 355 g/mol. The van der Waals surface area contributed by atoms with E-state index in [1.165, 1.54) is 6.92 Å². The lowest BCUT2D eigenvalue weighted by Crippen LogP contribution is -2.44. The molecule has 0 amide bonds. The van der Waals surface area contributed by atoms with E-state index in [2.05, 4.69) is 10.6 Å². The molecular formula is C16H18Cl2N2O2S. The van der Waals surface area contributed by atoms with Gasteiger partial charge in [-0.1, -0.05) is 23.2 Å². The van der Waals surface area contributed by atoms with Crippen LogP contribution in [0.2, 0.25) is 10.0 Å². The third-order valence-electron chi connectivity index (χ3n) is 3.36. The number of carbonyl (C=O) groups is 1. The van der Waals surface area contributed by atoms with Crippen LogP contribution >= 0.6 is 35.4 Å². The largest absolute Gasteiger partial charge is 0.488 e. The van der Waals surface area contributed by atoms with Crippen molar-refractivity contribution in [3.05, 3.63) is 39.0 Å². The van der Waals surface area contributed by atoms with Crippen LogP contribution in [0.15, 0.2) is 23.4 Å². The second-order valence-corrected chi connectivity index (χ2v) is 6.83. The third-order valence-corrected chi connectivity index (χ3v) is 4.14. The zero-order valence-electron chi connectivity index (χ0n) is 13.3. The van der Waals surface area contributed by atoms with Gasteiger partial charge in [0.2, 0.25) is 0 Å². The molecule has 2 N–H and O–H groups in total. The predicted molar refractivity (Wildman–Crippen MR) is 97.2 cm³/mol. The van der Waals surface area contributed by atoms with Crippen molar-refractivity contribution in [1.29, 1.82) is 0 Å². The fourth-order valence-electron chi connectivity index (χ4n) is 2.51. The predicted octanol–water partition coefficient (Wildman–Crippen LogP) is 4.16. The van der Waals surface area contributed by atoms with Crippen molar-refractivity contribution < 1.29 is 9.53 Å². The molecule has 0 radical (unpaired) electrons. The van der Waals surface area contributed by atoms with E-state index in [1.54, 1.807) is 12.1 Å². The number of hydrogen-bond donors (Lipinski definition) is 2. The topological polar surface area (TPSA) is 50.4 Å². The monoisotopic (exact) mass is 372 g/mol. The van der Waals surface area contributed by atoms with Crippen LogP contribution in [-0.2, 0) is 4.79 Å². The molecule has 124 valence electrons. The summed E-state index contributed by atoms with van der Waals surface area (Å²) in [7, 11) is 0. The molecule has 7 heteroatoms. The Hall–Kier alpha value is -1.30. The van der Waals surface area contributed by atoms with Gasteiger partial charge in [-0.15, -0.1) is 0 Å². The van der Waals surface area contributed by atoms with E-state index in [4.69, 9.17) is 40.2 Å². The van der Waals surface area contributed by atoms with E-state index in [9.17, 15) is 4.79 Å². The average molecular weight is 373 g/mol. The number of carbonyl (C=O) groups excluding carboxylic acids is 1. The van der Waals surface area contributed by atoms with Gasteiger partial charge < -0.3 is 15.4 Å². The molecule has 23 heavy (non-hydrogen) atoms. The number of rotatable bonds is 4. The summed E-state index contributed by atoms with van der Waals surface area (Å²) in [5, 5.41) is 7.30. The standard InChI is InChI=1S/C16H18Cl2N2O2S/c1-7(2)22-15-11(17)5-10(6-12(15)18)14-13(9(4)21)8(3)19-16(23)20-14/h5-7,14H,1-4H3,(H2,19,20,23). The molecule has 1 atom stereocenters. The quantitative estimate of drug-likeness (QED) is 0.777. The van der Waals surface area contributed by atoms with E-state index in [0.29, 0.717) is 26.5 Å². The second-order valence-electron chi connectivity index (χ2n) is 5.61. The number of Topliss-reactive ketones (excluding diaryl/α,β-unsaturated/α-hetero) is 1. The molecule has 0 aliphatic carbocycles. The molecule has 1 aliphatic heterocycles. The first kappa shape index (κ1) is 18.0. The van der Waals surface area contributed by atoms with Crippen molar-refractivity contribution >= 4 is 46.3 Å². The summed E-state index contributed by atoms with van der Waals surface area (Å²) in [6.07, 6.45) is -0.0460. The van der Waals surface area contributed by atoms with Crippen molar-refractivity contribution in [3.8, 4) is 5.75 Å². The number of benzene rings is 1. The fraction of sp³-hybridized carbons (Fsp3) is 0.375. The van der Waals surface area contributed by atoms with Gasteiger partial charge in [0.1, 0.15) is 0 Å². The molecule has 1 heterocycles. The van der Waals surface area contributed by atoms with E-state index < -0.39 is 6.04 Å². The lowest BCUT2D eigenvalue weighted by atomic mass is 9.93. The first-order chi connectivity index (χ1) is 10.7. The highest BCUT2D eigenvalue weighted by Gasteiger charge is 2.29. The van der Waals surface area contributed by atoms with Crippen molar-refractivity contribution in [2.75, 3.05) is 0 Å². The summed E-state index contributed by atoms with van der Waals surface area (Å²) in [5.74, 6) is 0.387. The molecule has 4 nitrogen and oxygen atoms in total. The molecule has 0 spiro atoms. The number of halogens is 2. The highest BCUT2D eigenvalue weighted by Crippen LogP contribution is 2.38. The minimum absolute atomic E-state index is 0.0460. The number of ether oxygens (including phenoxy) is 1. The third kappa shape index (κ3) is 3.97. The number of ketones is 1. The molecule has 0 aromatic heterocycles. The molecule has 2 rings (SSSR count). The van der Waals surface area contributed by atoms with Crippen LogP contribution in [0.25, 0.3) is 0 Å². The van der Waals surface area contributed by atoms with Crippen LogP contribution in [0, 0.1) is 0 Å². The maximum absolute atomic E-state index is 12.0. The highest BCUT2D eigenvalue weighted by molar-refractivity contribution is 7.80. The van der Waals surface area contributed by atoms with Gasteiger partial charge in [0.25, 0.3) is 0 Å². The molecule has 0 saturated heterocycles. The summed E-state index contributed by atoms with van der Waals surface area (Å²) in [4.78, 5) is 12.0. The highest BCUT2D eigenvalue weighted by atomic mass is 35.5. The van der Waals surface area contributed by atoms with Crippen LogP contribution in [-0.4, -0.2) is 17.0 Å². The van der Waals surface area contributed by atoms with Gasteiger partial charge in [0.15, 0.2) is 16.6 Å². The smallest absolute Gasteiger partial charge is 0.171 e. The van der Waals surface area contributed by atoms with Crippen molar-refractivity contribution in [3.63, 3.8) is 0 Å². The summed E-state index contributed by atoms with van der Waals surface area (Å²) in [6, 6.07) is 3.09. The van der Waals surface area contributed by atoms with Crippen molar-refractivity contribution in [1.82, 2.24) is 10.6 Å². The van der Waals surface area contributed by atoms with E-state index in [1.807, 2.05) is 20.8 Å². The Morgan fingerprint density at radius 1 is 1.30 bits per heavy atom. The molecule has 0 saturated carbocycles. The van der Waals surface area contributed by atoms with Gasteiger partial charge in [0.05, 0.1) is 22.2 Å². The van der Waals surface area contributed by atoms with Crippen LogP contribution in [0.3, 0.4) is 0 Å². The van der Waals surface area contributed by atoms with Gasteiger partial charge in [-0.25, -0.2) is 0 Å². The fourth-order valence-corrected chi connectivity index (χ4v) is 3.37. The molecule has 0 bridgehead atoms. The minimum atomic E-state index is -0.399. The normalized spacial score (nSPS) is 17.9. The summed E-state index contributed by atoms with van der Waals surface area (Å²) >= 11 is 17.8. The summed E-state index contributed by atoms with van der Waals surface area (Å²) < 4.78 is 5.63. The Morgan fingerprint density at radius 3 is 2.35 bits per heavy atom. The Balaban J connectivity index is 2.50. The minimum Gasteiger partial charge on any atom is -0.488 e. The van der Waals surface area contributed by atoms with Gasteiger partial charge in [-0.3, -0.25) is 4.79 Å². The molecule has 0 fully saturated rings. The van der Waals surface area contributed by atoms with E-state index in [0.717, 1.165) is 11.3 Å². The zero-order chi connectivity index (χ0) is 17.3. The van der Waals surface area contributed by atoms with Crippen LogP contribution in [0.4, 0.5) is 0 Å². The number of thiocarbonyl (C=S) groups is 1. The Bertz CT molecular complexity index is 678. The van der Waals surface area contributed by atoms with Crippen molar-refractivity contribution in [2.24, 2.45) is 0 Å². The average Bonchev–Trinajstić information content (AvgIpc) is 2.40. The Morgan fingerprint density at radius 2 is 1.87 bits per heavy atom. The van der Waals surface area contributed by atoms with Gasteiger partial charge in [-0.2, -0.15) is 0 Å². The van der Waals surface area contributed by atoms with Crippen LogP contribution in [0.5, 0.6) is 5.75 Å². The maximum atomic E-state index is 12.0. The Labute approximate surface area is 151 Å². The van der Waals surface area contributed by atoms with Crippen molar-refractivity contribution in [2.45, 2.75) is 39.8 Å². The van der Waals surface area contributed by atoms with Crippen LogP contribution < -0.4 is 15.4 Å². The SMILES string of the molecule is CC(=O)C1=C(C)NC(=S)NC1c1cc(Cl)c(OC(C)C)c(Cl)c1. The number of nitrogens with one attached hydrogen (secondary N) is 2. The molecule has 1 unspecified atom stereocenters. The first-order valence-corrected chi connectivity index (χ1v) is 8.32. The van der Waals surface area contributed by atoms with Gasteiger partial charge in [-0.05, 0) is 57.6 Å².